The highest BCUT2D eigenvalue weighted by molar-refractivity contribution is 6.39. The summed E-state index contributed by atoms with van der Waals surface area (Å²) in [4.78, 5) is 24.8. The van der Waals surface area contributed by atoms with Gasteiger partial charge < -0.3 is 20.4 Å². The average Bonchev–Trinajstić information content (AvgIpc) is 2.41. The molecule has 1 aromatic rings. The number of aliphatic hydroxyl groups is 2. The van der Waals surface area contributed by atoms with Crippen molar-refractivity contribution >= 4 is 29.1 Å². The first kappa shape index (κ1) is 16.4. The molecule has 0 aliphatic carbocycles. The highest BCUT2D eigenvalue weighted by Crippen LogP contribution is 2.20. The average molecular weight is 301 g/mol. The molecule has 0 spiro atoms. The van der Waals surface area contributed by atoms with E-state index in [-0.39, 0.29) is 26.3 Å². The topological polar surface area (TPSA) is 89.9 Å². The molecule has 0 aliphatic heterocycles. The molecule has 7 heteroatoms. The molecule has 20 heavy (non-hydrogen) atoms. The molecule has 0 heterocycles. The normalized spacial score (nSPS) is 10.2. The zero-order valence-electron chi connectivity index (χ0n) is 11.1. The first-order valence-electron chi connectivity index (χ1n) is 6.07. The van der Waals surface area contributed by atoms with Crippen LogP contribution in [0.25, 0.3) is 0 Å². The van der Waals surface area contributed by atoms with Crippen molar-refractivity contribution < 1.29 is 19.8 Å². The van der Waals surface area contributed by atoms with Crippen LogP contribution < -0.4 is 5.32 Å². The lowest BCUT2D eigenvalue weighted by Crippen LogP contribution is -2.42. The van der Waals surface area contributed by atoms with E-state index < -0.39 is 11.8 Å². The zero-order valence-corrected chi connectivity index (χ0v) is 11.9. The Hall–Kier alpha value is -1.63. The molecule has 0 unspecified atom stereocenters. The summed E-state index contributed by atoms with van der Waals surface area (Å²) in [6, 6.07) is 4.95. The molecule has 3 N–H and O–H groups in total. The molecule has 0 saturated heterocycles. The zero-order chi connectivity index (χ0) is 15.1. The number of anilines is 1. The van der Waals surface area contributed by atoms with Crippen molar-refractivity contribution in [3.8, 4) is 0 Å². The Morgan fingerprint density at radius 2 is 1.85 bits per heavy atom. The summed E-state index contributed by atoms with van der Waals surface area (Å²) in [6.45, 7) is 1.18. The minimum atomic E-state index is -0.836. The predicted molar refractivity (Wildman–Crippen MR) is 75.6 cm³/mol. The summed E-state index contributed by atoms with van der Waals surface area (Å²) in [5.41, 5.74) is 1.22. The fraction of sp³-hybridized carbons (Fsp3) is 0.385. The van der Waals surface area contributed by atoms with Crippen molar-refractivity contribution in [3.05, 3.63) is 28.8 Å². The van der Waals surface area contributed by atoms with Crippen LogP contribution in [0.4, 0.5) is 5.69 Å². The molecule has 0 aromatic heterocycles. The quantitative estimate of drug-likeness (QED) is 0.687. The van der Waals surface area contributed by atoms with Gasteiger partial charge in [-0.05, 0) is 24.6 Å². The fourth-order valence-corrected chi connectivity index (χ4v) is 1.78. The molecule has 1 aromatic carbocycles. The summed E-state index contributed by atoms with van der Waals surface area (Å²) in [5.74, 6) is -1.65. The van der Waals surface area contributed by atoms with E-state index >= 15 is 0 Å². The predicted octanol–water partition coefficient (Wildman–Crippen LogP) is 0.400. The molecule has 110 valence electrons. The molecular weight excluding hydrogens is 284 g/mol. The van der Waals surface area contributed by atoms with Gasteiger partial charge in [-0.1, -0.05) is 17.7 Å². The summed E-state index contributed by atoms with van der Waals surface area (Å²) >= 11 is 5.83. The number of carbonyl (C=O) groups excluding carboxylic acids is 2. The van der Waals surface area contributed by atoms with Gasteiger partial charge >= 0.3 is 11.8 Å². The van der Waals surface area contributed by atoms with Gasteiger partial charge in [-0.25, -0.2) is 0 Å². The maximum atomic E-state index is 11.9. The van der Waals surface area contributed by atoms with Gasteiger partial charge in [-0.15, -0.1) is 0 Å². The summed E-state index contributed by atoms with van der Waals surface area (Å²) in [5, 5.41) is 20.6. The number of nitrogens with zero attached hydrogens (tertiary/aromatic N) is 1. The minimum absolute atomic E-state index is 0.0126. The summed E-state index contributed by atoms with van der Waals surface area (Å²) in [6.07, 6.45) is 0. The Bertz CT molecular complexity index is 487. The Morgan fingerprint density at radius 1 is 1.25 bits per heavy atom. The Kier molecular flexibility index (Phi) is 6.44. The minimum Gasteiger partial charge on any atom is -0.395 e. The van der Waals surface area contributed by atoms with Crippen molar-refractivity contribution in [3.63, 3.8) is 0 Å². The van der Waals surface area contributed by atoms with Gasteiger partial charge in [0.25, 0.3) is 0 Å². The van der Waals surface area contributed by atoms with Crippen LogP contribution in [0, 0.1) is 6.92 Å². The molecular formula is C13H17ClN2O4. The number of nitrogens with one attached hydrogen (secondary N) is 1. The molecule has 0 bridgehead atoms. The Labute approximate surface area is 122 Å². The number of amides is 2. The third kappa shape index (κ3) is 4.48. The Morgan fingerprint density at radius 3 is 2.40 bits per heavy atom. The third-order valence-corrected chi connectivity index (χ3v) is 2.90. The van der Waals surface area contributed by atoms with Crippen LogP contribution >= 0.6 is 11.6 Å². The highest BCUT2D eigenvalue weighted by atomic mass is 35.5. The second kappa shape index (κ2) is 7.84. The van der Waals surface area contributed by atoms with Crippen molar-refractivity contribution in [2.24, 2.45) is 0 Å². The molecule has 0 fully saturated rings. The molecule has 2 amide bonds. The Balaban J connectivity index is 2.78. The van der Waals surface area contributed by atoms with E-state index in [2.05, 4.69) is 5.32 Å². The second-order valence-electron chi connectivity index (χ2n) is 4.15. The monoisotopic (exact) mass is 300 g/mol. The van der Waals surface area contributed by atoms with E-state index in [4.69, 9.17) is 21.8 Å². The number of aliphatic hydroxyl groups excluding tert-OH is 2. The summed E-state index contributed by atoms with van der Waals surface area (Å²) < 4.78 is 0. The number of hydrogen-bond acceptors (Lipinski definition) is 4. The van der Waals surface area contributed by atoms with Crippen molar-refractivity contribution in [2.45, 2.75) is 6.92 Å². The van der Waals surface area contributed by atoms with Crippen LogP contribution in [0.2, 0.25) is 5.02 Å². The van der Waals surface area contributed by atoms with E-state index in [1.165, 1.54) is 0 Å². The molecule has 0 radical (unpaired) electrons. The molecule has 0 saturated carbocycles. The highest BCUT2D eigenvalue weighted by Gasteiger charge is 2.21. The van der Waals surface area contributed by atoms with E-state index in [1.54, 1.807) is 25.1 Å². The number of hydrogen-bond donors (Lipinski definition) is 3. The van der Waals surface area contributed by atoms with Crippen LogP contribution in [0.5, 0.6) is 0 Å². The lowest BCUT2D eigenvalue weighted by atomic mass is 10.2. The standard InChI is InChI=1S/C13H17ClN2O4/c1-9-2-3-10(14)8-11(9)15-12(19)13(20)16(4-6-17)5-7-18/h2-3,8,17-18H,4-7H2,1H3,(H,15,19). The van der Waals surface area contributed by atoms with Gasteiger partial charge in [0.05, 0.1) is 13.2 Å². The lowest BCUT2D eigenvalue weighted by Gasteiger charge is -2.20. The maximum Gasteiger partial charge on any atom is 0.313 e. The van der Waals surface area contributed by atoms with Crippen LogP contribution in [-0.4, -0.2) is 53.2 Å². The number of benzene rings is 1. The molecule has 0 aliphatic rings. The van der Waals surface area contributed by atoms with Gasteiger partial charge in [0, 0.05) is 23.8 Å². The number of aryl methyl sites for hydroxylation is 1. The number of halogens is 1. The van der Waals surface area contributed by atoms with Gasteiger partial charge in [0.2, 0.25) is 0 Å². The van der Waals surface area contributed by atoms with E-state index in [0.717, 1.165) is 10.5 Å². The molecule has 1 rings (SSSR count). The van der Waals surface area contributed by atoms with Crippen LogP contribution in [0.15, 0.2) is 18.2 Å². The van der Waals surface area contributed by atoms with Crippen LogP contribution in [0.3, 0.4) is 0 Å². The summed E-state index contributed by atoms with van der Waals surface area (Å²) in [7, 11) is 0. The SMILES string of the molecule is Cc1ccc(Cl)cc1NC(=O)C(=O)N(CCO)CCO. The van der Waals surface area contributed by atoms with Gasteiger partial charge in [0.15, 0.2) is 0 Å². The van der Waals surface area contributed by atoms with Crippen molar-refractivity contribution in [2.75, 3.05) is 31.6 Å². The fourth-order valence-electron chi connectivity index (χ4n) is 1.60. The van der Waals surface area contributed by atoms with Gasteiger partial charge in [0.1, 0.15) is 0 Å². The first-order valence-corrected chi connectivity index (χ1v) is 6.45. The second-order valence-corrected chi connectivity index (χ2v) is 4.59. The van der Waals surface area contributed by atoms with Crippen molar-refractivity contribution in [1.29, 1.82) is 0 Å². The van der Waals surface area contributed by atoms with Crippen molar-refractivity contribution in [1.82, 2.24) is 4.90 Å². The maximum absolute atomic E-state index is 11.9. The van der Waals surface area contributed by atoms with E-state index in [1.807, 2.05) is 0 Å². The molecule has 6 nitrogen and oxygen atoms in total. The lowest BCUT2D eigenvalue weighted by molar-refractivity contribution is -0.143. The smallest absolute Gasteiger partial charge is 0.313 e. The third-order valence-electron chi connectivity index (χ3n) is 2.67. The van der Waals surface area contributed by atoms with E-state index in [0.29, 0.717) is 10.7 Å². The van der Waals surface area contributed by atoms with Gasteiger partial charge in [-0.2, -0.15) is 0 Å². The van der Waals surface area contributed by atoms with E-state index in [9.17, 15) is 9.59 Å². The number of rotatable bonds is 5. The van der Waals surface area contributed by atoms with Gasteiger partial charge in [-0.3, -0.25) is 9.59 Å². The largest absolute Gasteiger partial charge is 0.395 e. The molecule has 0 atom stereocenters. The van der Waals surface area contributed by atoms with Crippen LogP contribution in [-0.2, 0) is 9.59 Å². The van der Waals surface area contributed by atoms with Crippen LogP contribution in [0.1, 0.15) is 5.56 Å². The first-order chi connectivity index (χ1) is 9.49. The number of carbonyl (C=O) groups is 2.